The van der Waals surface area contributed by atoms with Crippen LogP contribution in [0.5, 0.6) is 0 Å². The average Bonchev–Trinajstić information content (AvgIpc) is 2.99. The number of rotatable bonds is 4. The van der Waals surface area contributed by atoms with E-state index >= 15 is 0 Å². The van der Waals surface area contributed by atoms with Crippen molar-refractivity contribution in [3.63, 3.8) is 0 Å². The lowest BCUT2D eigenvalue weighted by Gasteiger charge is -2.18. The summed E-state index contributed by atoms with van der Waals surface area (Å²) in [5.41, 5.74) is 0.922. The summed E-state index contributed by atoms with van der Waals surface area (Å²) in [6.45, 7) is 0.182. The highest BCUT2D eigenvalue weighted by molar-refractivity contribution is 6.36. The second-order valence-electron chi connectivity index (χ2n) is 5.86. The van der Waals surface area contributed by atoms with E-state index in [1.807, 2.05) is 0 Å². The molecule has 1 saturated heterocycles. The molecule has 0 radical (unpaired) electrons. The molecule has 6 nitrogen and oxygen atoms in total. The number of carboxylic acid groups (broad SMARTS) is 1. The lowest BCUT2D eigenvalue weighted by atomic mass is 10.1. The number of halogens is 2. The van der Waals surface area contributed by atoms with E-state index in [0.29, 0.717) is 21.4 Å². The summed E-state index contributed by atoms with van der Waals surface area (Å²) >= 11 is 12.1. The molecule has 0 aliphatic carbocycles. The molecule has 0 bridgehead atoms. The number of nitrogens with zero attached hydrogens (tertiary/aromatic N) is 1. The number of hydrogen-bond donors (Lipinski definition) is 1. The van der Waals surface area contributed by atoms with Crippen molar-refractivity contribution < 1.29 is 19.5 Å². The fourth-order valence-corrected chi connectivity index (χ4v) is 3.13. The van der Waals surface area contributed by atoms with Gasteiger partial charge in [0.25, 0.3) is 0 Å². The molecular weight excluding hydrogens is 379 g/mol. The van der Waals surface area contributed by atoms with Gasteiger partial charge in [0, 0.05) is 23.7 Å². The maximum absolute atomic E-state index is 12.4. The van der Waals surface area contributed by atoms with Gasteiger partial charge in [-0.3, -0.25) is 9.59 Å². The number of amides is 2. The molecule has 1 aliphatic heterocycles. The Bertz CT molecular complexity index is 883. The van der Waals surface area contributed by atoms with E-state index in [2.05, 4.69) is 5.32 Å². The smallest absolute Gasteiger partial charge is 0.229 e. The van der Waals surface area contributed by atoms with Gasteiger partial charge < -0.3 is 20.1 Å². The highest BCUT2D eigenvalue weighted by atomic mass is 35.5. The monoisotopic (exact) mass is 391 g/mol. The van der Waals surface area contributed by atoms with Crippen molar-refractivity contribution >= 4 is 52.4 Å². The molecule has 1 atom stereocenters. The quantitative estimate of drug-likeness (QED) is 0.865. The fourth-order valence-electron chi connectivity index (χ4n) is 2.74. The Kier molecular flexibility index (Phi) is 5.15. The molecule has 1 heterocycles. The molecule has 134 valence electrons. The molecule has 0 saturated carbocycles. The molecule has 2 amide bonds. The first-order chi connectivity index (χ1) is 12.3. The van der Waals surface area contributed by atoms with Gasteiger partial charge in [0.2, 0.25) is 11.8 Å². The number of carbonyl (C=O) groups excluding carboxylic acids is 3. The largest absolute Gasteiger partial charge is 0.545 e. The van der Waals surface area contributed by atoms with Crippen LogP contribution in [0.1, 0.15) is 16.8 Å². The number of benzene rings is 2. The molecule has 0 spiro atoms. The van der Waals surface area contributed by atoms with Gasteiger partial charge in [0.1, 0.15) is 0 Å². The van der Waals surface area contributed by atoms with Gasteiger partial charge in [-0.25, -0.2) is 0 Å². The molecule has 3 rings (SSSR count). The molecule has 8 heteroatoms. The molecule has 2 aromatic carbocycles. The van der Waals surface area contributed by atoms with Gasteiger partial charge in [-0.05, 0) is 35.9 Å². The van der Waals surface area contributed by atoms with Crippen LogP contribution in [0.25, 0.3) is 0 Å². The summed E-state index contributed by atoms with van der Waals surface area (Å²) in [6, 6.07) is 10.4. The molecule has 26 heavy (non-hydrogen) atoms. The number of hydrogen-bond acceptors (Lipinski definition) is 4. The van der Waals surface area contributed by atoms with Crippen LogP contribution < -0.4 is 15.3 Å². The summed E-state index contributed by atoms with van der Waals surface area (Å²) < 4.78 is 0. The Balaban J connectivity index is 1.70. The third-order valence-corrected chi connectivity index (χ3v) is 4.64. The Morgan fingerprint density at radius 3 is 2.46 bits per heavy atom. The summed E-state index contributed by atoms with van der Waals surface area (Å²) in [6.07, 6.45) is 0.0474. The van der Waals surface area contributed by atoms with Crippen molar-refractivity contribution in [3.8, 4) is 0 Å². The van der Waals surface area contributed by atoms with Crippen molar-refractivity contribution in [2.75, 3.05) is 16.8 Å². The average molecular weight is 392 g/mol. The van der Waals surface area contributed by atoms with Crippen LogP contribution in [0.15, 0.2) is 42.5 Å². The predicted molar refractivity (Wildman–Crippen MR) is 96.3 cm³/mol. The number of nitrogens with one attached hydrogen (secondary N) is 1. The second-order valence-corrected chi connectivity index (χ2v) is 6.70. The van der Waals surface area contributed by atoms with Crippen LogP contribution in [0.3, 0.4) is 0 Å². The van der Waals surface area contributed by atoms with Crippen LogP contribution in [0, 0.1) is 5.92 Å². The van der Waals surface area contributed by atoms with Crippen molar-refractivity contribution in [3.05, 3.63) is 58.1 Å². The van der Waals surface area contributed by atoms with E-state index in [1.54, 1.807) is 18.2 Å². The van der Waals surface area contributed by atoms with Crippen molar-refractivity contribution in [2.24, 2.45) is 5.92 Å². The zero-order valence-corrected chi connectivity index (χ0v) is 14.9. The molecule has 0 aromatic heterocycles. The van der Waals surface area contributed by atoms with Crippen LogP contribution in [-0.2, 0) is 9.59 Å². The summed E-state index contributed by atoms with van der Waals surface area (Å²) in [4.78, 5) is 36.9. The van der Waals surface area contributed by atoms with Crippen LogP contribution >= 0.6 is 23.2 Å². The lowest BCUT2D eigenvalue weighted by molar-refractivity contribution is -0.255. The zero-order valence-electron chi connectivity index (χ0n) is 13.4. The van der Waals surface area contributed by atoms with Gasteiger partial charge in [0.15, 0.2) is 0 Å². The van der Waals surface area contributed by atoms with Gasteiger partial charge in [-0.15, -0.1) is 0 Å². The van der Waals surface area contributed by atoms with Gasteiger partial charge in [0.05, 0.1) is 22.6 Å². The highest BCUT2D eigenvalue weighted by Gasteiger charge is 2.36. The number of anilines is 2. The molecule has 1 N–H and O–H groups in total. The second kappa shape index (κ2) is 7.35. The Morgan fingerprint density at radius 1 is 1.12 bits per heavy atom. The van der Waals surface area contributed by atoms with E-state index in [9.17, 15) is 19.5 Å². The third kappa shape index (κ3) is 3.81. The Morgan fingerprint density at radius 2 is 1.81 bits per heavy atom. The van der Waals surface area contributed by atoms with Crippen LogP contribution in [0.2, 0.25) is 10.0 Å². The Hall–Kier alpha value is -2.57. The number of carbonyl (C=O) groups is 3. The number of carboxylic acids is 1. The van der Waals surface area contributed by atoms with E-state index < -0.39 is 11.9 Å². The minimum atomic E-state index is -1.29. The molecule has 0 unspecified atom stereocenters. The summed E-state index contributed by atoms with van der Waals surface area (Å²) in [7, 11) is 0. The standard InChI is InChI=1S/C18H14Cl2N2O4/c19-12-3-6-14(20)15(8-12)22-9-11(7-16(22)23)17(24)21-13-4-1-10(2-5-13)18(25)26/h1-6,8,11H,7,9H2,(H,21,24)(H,25,26)/p-1/t11-/m0/s1. The normalized spacial score (nSPS) is 16.6. The zero-order chi connectivity index (χ0) is 18.8. The van der Waals surface area contributed by atoms with E-state index in [0.717, 1.165) is 0 Å². The maximum atomic E-state index is 12.4. The van der Waals surface area contributed by atoms with Crippen molar-refractivity contribution in [2.45, 2.75) is 6.42 Å². The maximum Gasteiger partial charge on any atom is 0.229 e. The topological polar surface area (TPSA) is 89.5 Å². The summed E-state index contributed by atoms with van der Waals surface area (Å²) in [5, 5.41) is 14.2. The van der Waals surface area contributed by atoms with Crippen molar-refractivity contribution in [1.82, 2.24) is 0 Å². The van der Waals surface area contributed by atoms with Gasteiger partial charge >= 0.3 is 0 Å². The first kappa shape index (κ1) is 18.2. The van der Waals surface area contributed by atoms with E-state index in [1.165, 1.54) is 29.2 Å². The molecule has 1 fully saturated rings. The number of aromatic carboxylic acids is 1. The molecule has 1 aliphatic rings. The first-order valence-corrected chi connectivity index (χ1v) is 8.48. The predicted octanol–water partition coefficient (Wildman–Crippen LogP) is 2.35. The highest BCUT2D eigenvalue weighted by Crippen LogP contribution is 2.33. The van der Waals surface area contributed by atoms with Crippen LogP contribution in [-0.4, -0.2) is 24.3 Å². The SMILES string of the molecule is O=C([O-])c1ccc(NC(=O)[C@H]2CC(=O)N(c3cc(Cl)ccc3Cl)C2)cc1. The van der Waals surface area contributed by atoms with Gasteiger partial charge in [-0.2, -0.15) is 0 Å². The molecule has 2 aromatic rings. The van der Waals surface area contributed by atoms with Crippen molar-refractivity contribution in [1.29, 1.82) is 0 Å². The van der Waals surface area contributed by atoms with E-state index in [4.69, 9.17) is 23.2 Å². The van der Waals surface area contributed by atoms with E-state index in [-0.39, 0.29) is 30.3 Å². The Labute approximate surface area is 159 Å². The lowest BCUT2D eigenvalue weighted by Crippen LogP contribution is -2.28. The fraction of sp³-hybridized carbons (Fsp3) is 0.167. The third-order valence-electron chi connectivity index (χ3n) is 4.08. The first-order valence-electron chi connectivity index (χ1n) is 7.73. The minimum absolute atomic E-state index is 0.0146. The summed E-state index contributed by atoms with van der Waals surface area (Å²) in [5.74, 6) is -2.40. The molecular formula is C18H13Cl2N2O4-. The van der Waals surface area contributed by atoms with Gasteiger partial charge in [-0.1, -0.05) is 35.3 Å². The van der Waals surface area contributed by atoms with Crippen LogP contribution in [0.4, 0.5) is 11.4 Å². The minimum Gasteiger partial charge on any atom is -0.545 e.